The molecule has 1 unspecified atom stereocenters. The van der Waals surface area contributed by atoms with Crippen LogP contribution < -0.4 is 24.4 Å². The predicted octanol–water partition coefficient (Wildman–Crippen LogP) is 5.15. The van der Waals surface area contributed by atoms with Crippen LogP contribution in [0.4, 0.5) is 0 Å². The number of aromatic nitrogens is 1. The van der Waals surface area contributed by atoms with Crippen LogP contribution in [-0.4, -0.2) is 11.4 Å². The van der Waals surface area contributed by atoms with E-state index in [9.17, 15) is 4.79 Å². The number of halogens is 2. The summed E-state index contributed by atoms with van der Waals surface area (Å²) in [6.07, 6.45) is 3.89. The quantitative estimate of drug-likeness (QED) is 0.354. The third-order valence-electron chi connectivity index (χ3n) is 5.71. The van der Waals surface area contributed by atoms with Crippen LogP contribution in [-0.2, 0) is 0 Å². The Morgan fingerprint density at radius 3 is 2.56 bits per heavy atom. The Labute approximate surface area is 212 Å². The SMILES string of the molecule is O=c1c(=Cc2cc3c(cc2Br)OCO3)sc2n1C(c1ccc(Cl)cc1)C=C(c1ccccc1)N=2. The van der Waals surface area contributed by atoms with Gasteiger partial charge >= 0.3 is 0 Å². The van der Waals surface area contributed by atoms with Gasteiger partial charge < -0.3 is 9.47 Å². The molecule has 4 aromatic rings. The molecule has 6 rings (SSSR count). The van der Waals surface area contributed by atoms with Crippen molar-refractivity contribution in [3.8, 4) is 11.5 Å². The topological polar surface area (TPSA) is 52.8 Å². The lowest BCUT2D eigenvalue weighted by Gasteiger charge is -2.19. The lowest BCUT2D eigenvalue weighted by Crippen LogP contribution is -2.36. The van der Waals surface area contributed by atoms with E-state index in [0.717, 1.165) is 26.9 Å². The average Bonchev–Trinajstić information content (AvgIpc) is 3.43. The van der Waals surface area contributed by atoms with E-state index in [1.165, 1.54) is 11.3 Å². The molecule has 0 spiro atoms. The third kappa shape index (κ3) is 3.79. The van der Waals surface area contributed by atoms with Crippen molar-refractivity contribution in [3.05, 3.63) is 119 Å². The Morgan fingerprint density at radius 1 is 1.06 bits per heavy atom. The van der Waals surface area contributed by atoms with Crippen LogP contribution in [0.15, 0.2) is 87.1 Å². The summed E-state index contributed by atoms with van der Waals surface area (Å²) >= 11 is 11.1. The number of allylic oxidation sites excluding steroid dienone is 1. The van der Waals surface area contributed by atoms with Gasteiger partial charge in [-0.3, -0.25) is 9.36 Å². The Balaban J connectivity index is 1.55. The molecule has 0 radical (unpaired) electrons. The van der Waals surface area contributed by atoms with Crippen molar-refractivity contribution in [3.63, 3.8) is 0 Å². The van der Waals surface area contributed by atoms with E-state index in [2.05, 4.69) is 15.9 Å². The fourth-order valence-electron chi connectivity index (χ4n) is 4.03. The van der Waals surface area contributed by atoms with Crippen LogP contribution >= 0.6 is 38.9 Å². The van der Waals surface area contributed by atoms with Crippen molar-refractivity contribution in [1.82, 2.24) is 4.57 Å². The molecule has 2 aliphatic rings. The predicted molar refractivity (Wildman–Crippen MR) is 137 cm³/mol. The monoisotopic (exact) mass is 550 g/mol. The molecule has 0 amide bonds. The van der Waals surface area contributed by atoms with Crippen molar-refractivity contribution in [2.75, 3.05) is 6.79 Å². The highest BCUT2D eigenvalue weighted by atomic mass is 79.9. The van der Waals surface area contributed by atoms with Crippen molar-refractivity contribution in [2.45, 2.75) is 6.04 Å². The number of benzene rings is 3. The van der Waals surface area contributed by atoms with Gasteiger partial charge in [0.2, 0.25) is 6.79 Å². The highest BCUT2D eigenvalue weighted by molar-refractivity contribution is 9.10. The summed E-state index contributed by atoms with van der Waals surface area (Å²) in [5.41, 5.74) is 3.52. The summed E-state index contributed by atoms with van der Waals surface area (Å²) in [5.74, 6) is 1.34. The molecule has 34 heavy (non-hydrogen) atoms. The van der Waals surface area contributed by atoms with Crippen LogP contribution in [0, 0.1) is 0 Å². The van der Waals surface area contributed by atoms with Gasteiger partial charge in [0.05, 0.1) is 16.3 Å². The van der Waals surface area contributed by atoms with Crippen LogP contribution in [0.25, 0.3) is 11.8 Å². The fourth-order valence-corrected chi connectivity index (χ4v) is 5.60. The van der Waals surface area contributed by atoms with Crippen molar-refractivity contribution < 1.29 is 9.47 Å². The molecule has 1 atom stereocenters. The Bertz CT molecular complexity index is 1630. The van der Waals surface area contributed by atoms with Gasteiger partial charge in [-0.25, -0.2) is 4.99 Å². The molecule has 2 aliphatic heterocycles. The Kier molecular flexibility index (Phi) is 5.40. The van der Waals surface area contributed by atoms with E-state index in [4.69, 9.17) is 26.1 Å². The first kappa shape index (κ1) is 21.4. The van der Waals surface area contributed by atoms with Gasteiger partial charge in [0.25, 0.3) is 5.56 Å². The molecule has 0 N–H and O–H groups in total. The first-order chi connectivity index (χ1) is 16.6. The number of fused-ring (bicyclic) bond motifs is 2. The summed E-state index contributed by atoms with van der Waals surface area (Å²) in [5, 5.41) is 0.649. The molecule has 8 heteroatoms. The summed E-state index contributed by atoms with van der Waals surface area (Å²) in [6.45, 7) is 0.191. The maximum absolute atomic E-state index is 13.6. The second-order valence-electron chi connectivity index (χ2n) is 7.82. The summed E-state index contributed by atoms with van der Waals surface area (Å²) in [7, 11) is 0. The minimum absolute atomic E-state index is 0.100. The summed E-state index contributed by atoms with van der Waals surface area (Å²) < 4.78 is 14.1. The molecule has 0 saturated carbocycles. The van der Waals surface area contributed by atoms with Gasteiger partial charge in [0.1, 0.15) is 0 Å². The van der Waals surface area contributed by atoms with Crippen molar-refractivity contribution >= 4 is 50.6 Å². The second kappa shape index (κ2) is 8.58. The lowest BCUT2D eigenvalue weighted by molar-refractivity contribution is 0.174. The smallest absolute Gasteiger partial charge is 0.271 e. The zero-order chi connectivity index (χ0) is 23.2. The van der Waals surface area contributed by atoms with Gasteiger partial charge in [-0.15, -0.1) is 0 Å². The number of nitrogens with zero attached hydrogens (tertiary/aromatic N) is 2. The minimum Gasteiger partial charge on any atom is -0.454 e. The van der Waals surface area contributed by atoms with Crippen LogP contribution in [0.3, 0.4) is 0 Å². The van der Waals surface area contributed by atoms with E-state index in [0.29, 0.717) is 25.9 Å². The molecule has 0 bridgehead atoms. The van der Waals surface area contributed by atoms with E-state index >= 15 is 0 Å². The third-order valence-corrected chi connectivity index (χ3v) is 7.63. The maximum atomic E-state index is 13.6. The molecule has 3 heterocycles. The van der Waals surface area contributed by atoms with Crippen molar-refractivity contribution in [1.29, 1.82) is 0 Å². The first-order valence-electron chi connectivity index (χ1n) is 10.5. The normalized spacial score (nSPS) is 16.7. The van der Waals surface area contributed by atoms with Crippen LogP contribution in [0.1, 0.15) is 22.7 Å². The lowest BCUT2D eigenvalue weighted by atomic mass is 10.0. The number of hydrogen-bond donors (Lipinski definition) is 0. The number of ether oxygens (including phenoxy) is 2. The van der Waals surface area contributed by atoms with E-state index in [1.807, 2.05) is 78.9 Å². The molecule has 5 nitrogen and oxygen atoms in total. The summed E-state index contributed by atoms with van der Waals surface area (Å²) in [4.78, 5) is 19.1. The Hall–Kier alpha value is -3.13. The number of thiazole rings is 1. The van der Waals surface area contributed by atoms with Gasteiger partial charge in [-0.05, 0) is 53.1 Å². The van der Waals surface area contributed by atoms with Gasteiger partial charge in [-0.2, -0.15) is 0 Å². The standard InChI is InChI=1S/C26H16BrClN2O3S/c27-19-12-23-22(32-14-33-23)10-17(19)11-24-25(31)30-21(16-6-8-18(28)9-7-16)13-20(29-26(30)34-24)15-4-2-1-3-5-15/h1-13,21H,14H2. The van der Waals surface area contributed by atoms with E-state index in [1.54, 1.807) is 4.57 Å². The fraction of sp³-hybridized carbons (Fsp3) is 0.0769. The van der Waals surface area contributed by atoms with E-state index in [-0.39, 0.29) is 18.4 Å². The zero-order valence-electron chi connectivity index (χ0n) is 17.6. The molecule has 168 valence electrons. The highest BCUT2D eigenvalue weighted by Gasteiger charge is 2.23. The van der Waals surface area contributed by atoms with Crippen LogP contribution in [0.5, 0.6) is 11.5 Å². The maximum Gasteiger partial charge on any atom is 0.271 e. The minimum atomic E-state index is -0.300. The largest absolute Gasteiger partial charge is 0.454 e. The average molecular weight is 552 g/mol. The number of hydrogen-bond acceptors (Lipinski definition) is 5. The molecular weight excluding hydrogens is 536 g/mol. The molecule has 3 aromatic carbocycles. The molecule has 1 aromatic heterocycles. The first-order valence-corrected chi connectivity index (χ1v) is 12.5. The number of rotatable bonds is 3. The molecule has 0 fully saturated rings. The van der Waals surface area contributed by atoms with Crippen LogP contribution in [0.2, 0.25) is 5.02 Å². The van der Waals surface area contributed by atoms with Gasteiger partial charge in [-0.1, -0.05) is 81.3 Å². The van der Waals surface area contributed by atoms with E-state index < -0.39 is 0 Å². The van der Waals surface area contributed by atoms with Crippen molar-refractivity contribution in [2.24, 2.45) is 4.99 Å². The van der Waals surface area contributed by atoms with Gasteiger partial charge in [0.15, 0.2) is 16.3 Å². The molecule has 0 saturated heterocycles. The molecular formula is C26H16BrClN2O3S. The Morgan fingerprint density at radius 2 is 1.79 bits per heavy atom. The zero-order valence-corrected chi connectivity index (χ0v) is 20.7. The second-order valence-corrected chi connectivity index (χ2v) is 10.1. The summed E-state index contributed by atoms with van der Waals surface area (Å²) in [6, 6.07) is 21.0. The highest BCUT2D eigenvalue weighted by Crippen LogP contribution is 2.37. The van der Waals surface area contributed by atoms with Gasteiger partial charge in [0, 0.05) is 9.50 Å². The molecule has 0 aliphatic carbocycles.